The van der Waals surface area contributed by atoms with Crippen molar-refractivity contribution in [3.8, 4) is 0 Å². The molecule has 8 heteroatoms. The van der Waals surface area contributed by atoms with Crippen molar-refractivity contribution in [2.75, 3.05) is 24.7 Å². The lowest BCUT2D eigenvalue weighted by Gasteiger charge is -2.30. The molecule has 1 aliphatic heterocycles. The minimum absolute atomic E-state index is 0.128. The number of nitrogens with zero attached hydrogens (tertiary/aromatic N) is 1. The van der Waals surface area contributed by atoms with Crippen molar-refractivity contribution in [2.24, 2.45) is 5.92 Å². The van der Waals surface area contributed by atoms with Crippen LogP contribution in [0.25, 0.3) is 0 Å². The molecule has 3 rings (SSSR count). The number of amides is 1. The Hall–Kier alpha value is -1.35. The molecule has 2 aromatic rings. The molecule has 1 N–H and O–H groups in total. The van der Waals surface area contributed by atoms with E-state index in [1.165, 1.54) is 10.6 Å². The fourth-order valence-corrected chi connectivity index (χ4v) is 4.94. The fraction of sp³-hybridized carbons (Fsp3) is 0.316. The third kappa shape index (κ3) is 5.81. The van der Waals surface area contributed by atoms with Crippen LogP contribution in [0.1, 0.15) is 12.8 Å². The minimum Gasteiger partial charge on any atom is -0.326 e. The standard InChI is InChI=1S/C19H21BrN2O3S2/c1-27(24,25)22-12-2-3-14(13-22)19(23)21-16-6-10-18(11-7-16)26-17-8-4-15(20)5-9-17/h4-11,14H,2-3,12-13H2,1H3,(H,21,23)/t14-/m0/s1. The molecule has 0 spiro atoms. The maximum Gasteiger partial charge on any atom is 0.228 e. The molecule has 1 fully saturated rings. The quantitative estimate of drug-likeness (QED) is 0.713. The van der Waals surface area contributed by atoms with E-state index in [0.717, 1.165) is 20.0 Å². The molecule has 1 atom stereocenters. The lowest BCUT2D eigenvalue weighted by Crippen LogP contribution is -2.43. The average molecular weight is 469 g/mol. The molecular formula is C19H21BrN2O3S2. The van der Waals surface area contributed by atoms with Crippen LogP contribution in [-0.4, -0.2) is 38.0 Å². The SMILES string of the molecule is CS(=O)(=O)N1CCC[C@H](C(=O)Nc2ccc(Sc3ccc(Br)cc3)cc2)C1. The zero-order valence-electron chi connectivity index (χ0n) is 14.9. The number of rotatable bonds is 5. The number of piperidine rings is 1. The monoisotopic (exact) mass is 468 g/mol. The third-order valence-electron chi connectivity index (χ3n) is 4.40. The van der Waals surface area contributed by atoms with E-state index >= 15 is 0 Å². The summed E-state index contributed by atoms with van der Waals surface area (Å²) in [6, 6.07) is 15.8. The Labute approximate surface area is 172 Å². The summed E-state index contributed by atoms with van der Waals surface area (Å²) in [5.41, 5.74) is 0.719. The molecule has 1 amide bonds. The van der Waals surface area contributed by atoms with Gasteiger partial charge in [0.2, 0.25) is 15.9 Å². The summed E-state index contributed by atoms with van der Waals surface area (Å²) in [4.78, 5) is 14.7. The molecular weight excluding hydrogens is 448 g/mol. The van der Waals surface area contributed by atoms with Gasteiger partial charge in [0.15, 0.2) is 0 Å². The molecule has 1 saturated heterocycles. The Kier molecular flexibility index (Phi) is 6.62. The molecule has 0 bridgehead atoms. The zero-order chi connectivity index (χ0) is 19.4. The van der Waals surface area contributed by atoms with Crippen LogP contribution < -0.4 is 5.32 Å². The van der Waals surface area contributed by atoms with Crippen LogP contribution in [0.2, 0.25) is 0 Å². The first kappa shape index (κ1) is 20.4. The van der Waals surface area contributed by atoms with Gasteiger partial charge < -0.3 is 5.32 Å². The highest BCUT2D eigenvalue weighted by atomic mass is 79.9. The van der Waals surface area contributed by atoms with Gasteiger partial charge in [-0.15, -0.1) is 0 Å². The maximum atomic E-state index is 12.5. The molecule has 1 aliphatic rings. The van der Waals surface area contributed by atoms with Crippen molar-refractivity contribution < 1.29 is 13.2 Å². The smallest absolute Gasteiger partial charge is 0.228 e. The van der Waals surface area contributed by atoms with Crippen molar-refractivity contribution in [1.82, 2.24) is 4.31 Å². The summed E-state index contributed by atoms with van der Waals surface area (Å²) < 4.78 is 25.8. The van der Waals surface area contributed by atoms with Gasteiger partial charge in [-0.05, 0) is 61.4 Å². The second kappa shape index (κ2) is 8.77. The number of benzene rings is 2. The number of carbonyl (C=O) groups is 1. The van der Waals surface area contributed by atoms with Crippen molar-refractivity contribution in [3.05, 3.63) is 53.0 Å². The molecule has 0 aromatic heterocycles. The van der Waals surface area contributed by atoms with Gasteiger partial charge in [0.05, 0.1) is 12.2 Å². The molecule has 0 unspecified atom stereocenters. The summed E-state index contributed by atoms with van der Waals surface area (Å²) in [7, 11) is -3.26. The van der Waals surface area contributed by atoms with Crippen LogP contribution in [0.15, 0.2) is 62.8 Å². The molecule has 27 heavy (non-hydrogen) atoms. The molecule has 5 nitrogen and oxygen atoms in total. The summed E-state index contributed by atoms with van der Waals surface area (Å²) in [6.07, 6.45) is 2.60. The number of hydrogen-bond donors (Lipinski definition) is 1. The van der Waals surface area contributed by atoms with Crippen LogP contribution >= 0.6 is 27.7 Å². The minimum atomic E-state index is -3.26. The van der Waals surface area contributed by atoms with E-state index in [2.05, 4.69) is 21.2 Å². The normalized spacial score (nSPS) is 18.2. The van der Waals surface area contributed by atoms with Gasteiger partial charge in [-0.3, -0.25) is 4.79 Å². The number of sulfonamides is 1. The van der Waals surface area contributed by atoms with Crippen LogP contribution in [0, 0.1) is 5.92 Å². The number of nitrogens with one attached hydrogen (secondary N) is 1. The van der Waals surface area contributed by atoms with Crippen LogP contribution in [-0.2, 0) is 14.8 Å². The Morgan fingerprint density at radius 1 is 1.11 bits per heavy atom. The molecule has 1 heterocycles. The summed E-state index contributed by atoms with van der Waals surface area (Å²) in [5, 5.41) is 2.91. The van der Waals surface area contributed by atoms with Crippen molar-refractivity contribution in [1.29, 1.82) is 0 Å². The molecule has 2 aromatic carbocycles. The first-order valence-electron chi connectivity index (χ1n) is 8.61. The lowest BCUT2D eigenvalue weighted by molar-refractivity contribution is -0.120. The molecule has 144 valence electrons. The zero-order valence-corrected chi connectivity index (χ0v) is 18.1. The number of anilines is 1. The number of halogens is 1. The van der Waals surface area contributed by atoms with Crippen molar-refractivity contribution in [3.63, 3.8) is 0 Å². The summed E-state index contributed by atoms with van der Waals surface area (Å²) in [6.45, 7) is 0.743. The Morgan fingerprint density at radius 3 is 2.30 bits per heavy atom. The van der Waals surface area contributed by atoms with E-state index in [9.17, 15) is 13.2 Å². The summed E-state index contributed by atoms with van der Waals surface area (Å²) >= 11 is 5.07. The van der Waals surface area contributed by atoms with Crippen LogP contribution in [0.5, 0.6) is 0 Å². The van der Waals surface area contributed by atoms with E-state index in [1.54, 1.807) is 11.8 Å². The van der Waals surface area contributed by atoms with Gasteiger partial charge in [0, 0.05) is 33.0 Å². The highest BCUT2D eigenvalue weighted by Gasteiger charge is 2.30. The van der Waals surface area contributed by atoms with E-state index in [4.69, 9.17) is 0 Å². The van der Waals surface area contributed by atoms with E-state index in [-0.39, 0.29) is 18.4 Å². The van der Waals surface area contributed by atoms with Crippen molar-refractivity contribution >= 4 is 49.3 Å². The highest BCUT2D eigenvalue weighted by Crippen LogP contribution is 2.29. The van der Waals surface area contributed by atoms with E-state index in [1.807, 2.05) is 48.5 Å². The predicted molar refractivity (Wildman–Crippen MR) is 112 cm³/mol. The first-order valence-corrected chi connectivity index (χ1v) is 12.1. The topological polar surface area (TPSA) is 66.5 Å². The van der Waals surface area contributed by atoms with Crippen LogP contribution in [0.3, 0.4) is 0 Å². The molecule has 0 radical (unpaired) electrons. The Morgan fingerprint density at radius 2 is 1.70 bits per heavy atom. The van der Waals surface area contributed by atoms with Gasteiger partial charge in [-0.25, -0.2) is 12.7 Å². The van der Waals surface area contributed by atoms with Gasteiger partial charge in [0.25, 0.3) is 0 Å². The van der Waals surface area contributed by atoms with E-state index < -0.39 is 10.0 Å². The average Bonchev–Trinajstić information content (AvgIpc) is 2.64. The lowest BCUT2D eigenvalue weighted by atomic mass is 9.99. The predicted octanol–water partition coefficient (Wildman–Crippen LogP) is 4.21. The highest BCUT2D eigenvalue weighted by molar-refractivity contribution is 9.10. The van der Waals surface area contributed by atoms with Gasteiger partial charge in [0.1, 0.15) is 0 Å². The first-order chi connectivity index (χ1) is 12.8. The maximum absolute atomic E-state index is 12.5. The fourth-order valence-electron chi connectivity index (χ4n) is 2.95. The molecule has 0 aliphatic carbocycles. The second-order valence-corrected chi connectivity index (χ2v) is 10.6. The molecule has 0 saturated carbocycles. The largest absolute Gasteiger partial charge is 0.326 e. The summed E-state index contributed by atoms with van der Waals surface area (Å²) in [5.74, 6) is -0.443. The van der Waals surface area contributed by atoms with Gasteiger partial charge >= 0.3 is 0 Å². The van der Waals surface area contributed by atoms with Gasteiger partial charge in [-0.2, -0.15) is 0 Å². The van der Waals surface area contributed by atoms with Crippen molar-refractivity contribution in [2.45, 2.75) is 22.6 Å². The van der Waals surface area contributed by atoms with Gasteiger partial charge in [-0.1, -0.05) is 27.7 Å². The van der Waals surface area contributed by atoms with Crippen LogP contribution in [0.4, 0.5) is 5.69 Å². The second-order valence-electron chi connectivity index (χ2n) is 6.53. The Bertz CT molecular complexity index is 900. The Balaban J connectivity index is 1.59. The third-order valence-corrected chi connectivity index (χ3v) is 7.21. The number of hydrogen-bond acceptors (Lipinski definition) is 4. The number of carbonyl (C=O) groups excluding carboxylic acids is 1. The van der Waals surface area contributed by atoms with E-state index in [0.29, 0.717) is 19.4 Å².